The first-order chi connectivity index (χ1) is 7.02. The second-order valence-corrected chi connectivity index (χ2v) is 5.69. The lowest BCUT2D eigenvalue weighted by Gasteiger charge is -2.24. The van der Waals surface area contributed by atoms with E-state index in [1.54, 1.807) is 16.8 Å². The molecule has 0 saturated heterocycles. The Morgan fingerprint density at radius 2 is 1.67 bits per heavy atom. The third-order valence-corrected chi connectivity index (χ3v) is 4.79. The van der Waals surface area contributed by atoms with Crippen LogP contribution in [0.15, 0.2) is 24.3 Å². The van der Waals surface area contributed by atoms with Gasteiger partial charge in [-0.15, -0.1) is 0 Å². The molecule has 0 bridgehead atoms. The smallest absolute Gasteiger partial charge is 0.299 e. The van der Waals surface area contributed by atoms with E-state index in [0.29, 0.717) is 18.4 Å². The summed E-state index contributed by atoms with van der Waals surface area (Å²) >= 11 is 0. The predicted octanol–water partition coefficient (Wildman–Crippen LogP) is 2.15. The van der Waals surface area contributed by atoms with E-state index in [4.69, 9.17) is 0 Å². The van der Waals surface area contributed by atoms with Crippen molar-refractivity contribution >= 4 is 12.8 Å². The summed E-state index contributed by atoms with van der Waals surface area (Å²) in [5.41, 5.74) is 1.10. The minimum atomic E-state index is -3.34. The van der Waals surface area contributed by atoms with E-state index in [1.807, 2.05) is 32.9 Å². The molecule has 0 saturated carbocycles. The molecule has 0 aliphatic heterocycles. The van der Waals surface area contributed by atoms with Crippen molar-refractivity contribution in [3.63, 3.8) is 0 Å². The number of rotatable bonds is 4. The van der Waals surface area contributed by atoms with Crippen LogP contribution in [0, 0.1) is 6.92 Å². The number of nitrogens with zero attached hydrogens (tertiary/aromatic N) is 1. The maximum Gasteiger partial charge on any atom is 0.299 e. The van der Waals surface area contributed by atoms with Gasteiger partial charge in [-0.3, -0.25) is 4.57 Å². The van der Waals surface area contributed by atoms with Crippen molar-refractivity contribution in [1.82, 2.24) is 4.67 Å². The van der Waals surface area contributed by atoms with Gasteiger partial charge in [-0.25, -0.2) is 4.67 Å². The van der Waals surface area contributed by atoms with Gasteiger partial charge in [-0.1, -0.05) is 31.5 Å². The van der Waals surface area contributed by atoms with Crippen LogP contribution in [0.25, 0.3) is 0 Å². The molecule has 0 fully saturated rings. The fourth-order valence-corrected chi connectivity index (χ4v) is 3.14. The zero-order chi connectivity index (χ0) is 11.5. The molecule has 1 unspecified atom stereocenters. The normalized spacial score (nSPS) is 15.3. The maximum absolute atomic E-state index is 12.2. The van der Waals surface area contributed by atoms with Crippen molar-refractivity contribution in [3.05, 3.63) is 29.8 Å². The van der Waals surface area contributed by atoms with Crippen LogP contribution in [0.1, 0.15) is 19.4 Å². The fraction of sp³-hybridized carbons (Fsp3) is 0.455. The van der Waals surface area contributed by atoms with Crippen molar-refractivity contribution < 1.29 is 9.46 Å². The Hall–Kier alpha value is -0.630. The maximum atomic E-state index is 12.2. The molecular weight excluding hydrogens is 209 g/mol. The van der Waals surface area contributed by atoms with Gasteiger partial charge < -0.3 is 4.89 Å². The molecule has 0 aromatic heterocycles. The minimum absolute atomic E-state index is 0.511. The molecule has 0 heterocycles. The quantitative estimate of drug-likeness (QED) is 0.801. The van der Waals surface area contributed by atoms with E-state index >= 15 is 0 Å². The topological polar surface area (TPSA) is 40.5 Å². The van der Waals surface area contributed by atoms with Crippen molar-refractivity contribution in [2.75, 3.05) is 13.1 Å². The van der Waals surface area contributed by atoms with Crippen LogP contribution in [0.4, 0.5) is 0 Å². The standard InChI is InChI=1S/C11H18NO2P/c1-4-12(5-2)15(13,14)11-8-6-10(3)7-9-11/h6-9H,4-5H2,1-3H3,(H,13,14). The van der Waals surface area contributed by atoms with Crippen LogP contribution in [0.5, 0.6) is 0 Å². The van der Waals surface area contributed by atoms with Crippen molar-refractivity contribution in [3.8, 4) is 0 Å². The SMILES string of the molecule is CCN(CC)P(=O)(O)c1ccc(C)cc1. The van der Waals surface area contributed by atoms with Gasteiger partial charge in [0.1, 0.15) is 0 Å². The van der Waals surface area contributed by atoms with E-state index in [2.05, 4.69) is 0 Å². The lowest BCUT2D eigenvalue weighted by atomic mass is 10.2. The van der Waals surface area contributed by atoms with Gasteiger partial charge in [0, 0.05) is 13.1 Å². The molecule has 1 atom stereocenters. The van der Waals surface area contributed by atoms with Gasteiger partial charge >= 0.3 is 0 Å². The Bertz CT molecular complexity index is 357. The van der Waals surface area contributed by atoms with Crippen molar-refractivity contribution in [1.29, 1.82) is 0 Å². The van der Waals surface area contributed by atoms with Gasteiger partial charge in [0.15, 0.2) is 0 Å². The average Bonchev–Trinajstić information content (AvgIpc) is 2.19. The second kappa shape index (κ2) is 4.93. The van der Waals surface area contributed by atoms with Crippen molar-refractivity contribution in [2.45, 2.75) is 20.8 Å². The van der Waals surface area contributed by atoms with Crippen LogP contribution >= 0.6 is 7.52 Å². The molecule has 0 spiro atoms. The first-order valence-corrected chi connectivity index (χ1v) is 6.79. The van der Waals surface area contributed by atoms with Gasteiger partial charge in [-0.2, -0.15) is 0 Å². The molecule has 4 heteroatoms. The lowest BCUT2D eigenvalue weighted by molar-refractivity contribution is 0.376. The number of hydrogen-bond acceptors (Lipinski definition) is 1. The molecule has 1 N–H and O–H groups in total. The predicted molar refractivity (Wildman–Crippen MR) is 63.6 cm³/mol. The summed E-state index contributed by atoms with van der Waals surface area (Å²) in [5.74, 6) is 0. The summed E-state index contributed by atoms with van der Waals surface area (Å²) in [5, 5.41) is 0.511. The lowest BCUT2D eigenvalue weighted by Crippen LogP contribution is -2.25. The Morgan fingerprint density at radius 3 is 2.07 bits per heavy atom. The molecule has 84 valence electrons. The minimum Gasteiger partial charge on any atom is -0.330 e. The van der Waals surface area contributed by atoms with Crippen LogP contribution < -0.4 is 5.30 Å². The monoisotopic (exact) mass is 227 g/mol. The van der Waals surface area contributed by atoms with Crippen LogP contribution in [0.2, 0.25) is 0 Å². The molecule has 0 aliphatic rings. The molecule has 0 amide bonds. The average molecular weight is 227 g/mol. The summed E-state index contributed by atoms with van der Waals surface area (Å²) in [6.45, 7) is 6.90. The van der Waals surface area contributed by atoms with Gasteiger partial charge in [0.2, 0.25) is 0 Å². The van der Waals surface area contributed by atoms with E-state index in [1.165, 1.54) is 0 Å². The molecule has 3 nitrogen and oxygen atoms in total. The Labute approximate surface area is 91.2 Å². The molecule has 15 heavy (non-hydrogen) atoms. The summed E-state index contributed by atoms with van der Waals surface area (Å²) in [6, 6.07) is 7.19. The molecule has 1 aromatic carbocycles. The molecular formula is C11H18NO2P. The third kappa shape index (κ3) is 2.69. The Morgan fingerprint density at radius 1 is 1.20 bits per heavy atom. The summed E-state index contributed by atoms with van der Waals surface area (Å²) in [4.78, 5) is 10.0. The van der Waals surface area contributed by atoms with Gasteiger partial charge in [-0.05, 0) is 19.1 Å². The number of benzene rings is 1. The summed E-state index contributed by atoms with van der Waals surface area (Å²) in [7, 11) is -3.34. The van der Waals surface area contributed by atoms with Crippen LogP contribution in [-0.2, 0) is 4.57 Å². The first kappa shape index (κ1) is 12.4. The van der Waals surface area contributed by atoms with Gasteiger partial charge in [0.05, 0.1) is 5.30 Å². The third-order valence-electron chi connectivity index (χ3n) is 2.48. The fourth-order valence-electron chi connectivity index (χ4n) is 1.51. The molecule has 1 rings (SSSR count). The zero-order valence-corrected chi connectivity index (χ0v) is 10.4. The van der Waals surface area contributed by atoms with Crippen molar-refractivity contribution in [2.24, 2.45) is 0 Å². The molecule has 0 aliphatic carbocycles. The van der Waals surface area contributed by atoms with E-state index in [-0.39, 0.29) is 0 Å². The largest absolute Gasteiger partial charge is 0.330 e. The van der Waals surface area contributed by atoms with Crippen LogP contribution in [0.3, 0.4) is 0 Å². The molecule has 0 radical (unpaired) electrons. The molecule has 1 aromatic rings. The number of aryl methyl sites for hydroxylation is 1. The number of hydrogen-bond donors (Lipinski definition) is 1. The highest BCUT2D eigenvalue weighted by molar-refractivity contribution is 7.63. The Kier molecular flexibility index (Phi) is 4.09. The van der Waals surface area contributed by atoms with E-state index in [9.17, 15) is 9.46 Å². The van der Waals surface area contributed by atoms with Crippen LogP contribution in [-0.4, -0.2) is 22.7 Å². The highest BCUT2D eigenvalue weighted by atomic mass is 31.2. The van der Waals surface area contributed by atoms with E-state index in [0.717, 1.165) is 5.56 Å². The highest BCUT2D eigenvalue weighted by Gasteiger charge is 2.27. The second-order valence-electron chi connectivity index (χ2n) is 3.52. The first-order valence-electron chi connectivity index (χ1n) is 5.17. The summed E-state index contributed by atoms with van der Waals surface area (Å²) in [6.07, 6.45) is 0. The Balaban J connectivity index is 3.04. The zero-order valence-electron chi connectivity index (χ0n) is 9.47. The summed E-state index contributed by atoms with van der Waals surface area (Å²) < 4.78 is 13.8. The van der Waals surface area contributed by atoms with Gasteiger partial charge in [0.25, 0.3) is 7.52 Å². The highest BCUT2D eigenvalue weighted by Crippen LogP contribution is 2.43. The van der Waals surface area contributed by atoms with E-state index < -0.39 is 7.52 Å².